The van der Waals surface area contributed by atoms with Crippen LogP contribution in [0.4, 0.5) is 18.9 Å². The molecule has 0 saturated carbocycles. The van der Waals surface area contributed by atoms with Crippen molar-refractivity contribution in [1.82, 2.24) is 25.1 Å². The third-order valence-corrected chi connectivity index (χ3v) is 6.16. The standard InChI is InChI=1S/C27H27F3N6O3/c1-17-10-11-18(15-21(17)33-24(37)8-4-2-3-5-9-25(38)35-39)22-16-36-23(32-22)13-12-20(34-36)19-7-6-14-31-26(19)27(28,29)30/h6-7,10-16,39H,2-5,8-9H2,1H3,(H,33,37)(H,35,38). The van der Waals surface area contributed by atoms with E-state index < -0.39 is 17.8 Å². The van der Waals surface area contributed by atoms with Crippen LogP contribution >= 0.6 is 0 Å². The van der Waals surface area contributed by atoms with Gasteiger partial charge in [-0.1, -0.05) is 25.0 Å². The average Bonchev–Trinajstić information content (AvgIpc) is 3.34. The molecule has 2 amide bonds. The first kappa shape index (κ1) is 27.7. The van der Waals surface area contributed by atoms with E-state index in [1.54, 1.807) is 23.8 Å². The summed E-state index contributed by atoms with van der Waals surface area (Å²) in [4.78, 5) is 31.5. The van der Waals surface area contributed by atoms with Gasteiger partial charge in [-0.3, -0.25) is 19.8 Å². The van der Waals surface area contributed by atoms with Crippen molar-refractivity contribution in [1.29, 1.82) is 0 Å². The summed E-state index contributed by atoms with van der Waals surface area (Å²) in [5.74, 6) is -0.560. The highest BCUT2D eigenvalue weighted by Crippen LogP contribution is 2.35. The van der Waals surface area contributed by atoms with Gasteiger partial charge < -0.3 is 5.32 Å². The number of fused-ring (bicyclic) bond motifs is 1. The van der Waals surface area contributed by atoms with Gasteiger partial charge in [-0.15, -0.1) is 0 Å². The van der Waals surface area contributed by atoms with Gasteiger partial charge in [0.25, 0.3) is 0 Å². The molecule has 0 aliphatic carbocycles. The van der Waals surface area contributed by atoms with E-state index in [9.17, 15) is 22.8 Å². The number of nitrogens with one attached hydrogen (secondary N) is 2. The van der Waals surface area contributed by atoms with Crippen molar-refractivity contribution in [2.24, 2.45) is 0 Å². The van der Waals surface area contributed by atoms with Crippen LogP contribution in [0.5, 0.6) is 0 Å². The highest BCUT2D eigenvalue weighted by Gasteiger charge is 2.35. The number of hydroxylamine groups is 1. The molecular formula is C27H27F3N6O3. The van der Waals surface area contributed by atoms with Gasteiger partial charge in [-0.05, 0) is 55.7 Å². The number of anilines is 1. The second-order valence-electron chi connectivity index (χ2n) is 9.07. The fraction of sp³-hybridized carbons (Fsp3) is 0.296. The number of pyridine rings is 1. The molecule has 0 aliphatic heterocycles. The lowest BCUT2D eigenvalue weighted by atomic mass is 10.1. The Labute approximate surface area is 222 Å². The number of carbonyl (C=O) groups is 2. The maximum atomic E-state index is 13.4. The number of imidazole rings is 1. The van der Waals surface area contributed by atoms with Crippen molar-refractivity contribution < 1.29 is 28.0 Å². The first-order valence-corrected chi connectivity index (χ1v) is 12.4. The van der Waals surface area contributed by atoms with Crippen LogP contribution in [0, 0.1) is 6.92 Å². The van der Waals surface area contributed by atoms with Gasteiger partial charge in [0.1, 0.15) is 0 Å². The Bertz CT molecular complexity index is 1490. The van der Waals surface area contributed by atoms with Crippen molar-refractivity contribution >= 4 is 23.1 Å². The van der Waals surface area contributed by atoms with E-state index in [1.165, 1.54) is 22.7 Å². The average molecular weight is 541 g/mol. The lowest BCUT2D eigenvalue weighted by Gasteiger charge is -2.10. The number of alkyl halides is 3. The summed E-state index contributed by atoms with van der Waals surface area (Å²) >= 11 is 0. The highest BCUT2D eigenvalue weighted by atomic mass is 19.4. The van der Waals surface area contributed by atoms with E-state index in [0.717, 1.165) is 24.6 Å². The molecular weight excluding hydrogens is 513 g/mol. The lowest BCUT2D eigenvalue weighted by Crippen LogP contribution is -2.17. The van der Waals surface area contributed by atoms with E-state index in [-0.39, 0.29) is 23.6 Å². The monoisotopic (exact) mass is 540 g/mol. The normalized spacial score (nSPS) is 11.5. The predicted octanol–water partition coefficient (Wildman–Crippen LogP) is 5.57. The molecule has 0 fully saturated rings. The van der Waals surface area contributed by atoms with E-state index in [1.807, 2.05) is 19.1 Å². The molecule has 4 aromatic rings. The molecule has 1 aromatic carbocycles. The molecule has 0 bridgehead atoms. The zero-order chi connectivity index (χ0) is 28.0. The third-order valence-electron chi connectivity index (χ3n) is 6.16. The maximum Gasteiger partial charge on any atom is 0.434 e. The molecule has 3 heterocycles. The Morgan fingerprint density at radius 3 is 2.44 bits per heavy atom. The minimum Gasteiger partial charge on any atom is -0.326 e. The van der Waals surface area contributed by atoms with E-state index >= 15 is 0 Å². The minimum absolute atomic E-state index is 0.111. The highest BCUT2D eigenvalue weighted by molar-refractivity contribution is 5.92. The molecule has 0 saturated heterocycles. The summed E-state index contributed by atoms with van der Waals surface area (Å²) in [6.45, 7) is 1.87. The van der Waals surface area contributed by atoms with Crippen molar-refractivity contribution in [2.45, 2.75) is 51.6 Å². The molecule has 0 atom stereocenters. The quantitative estimate of drug-likeness (QED) is 0.137. The second kappa shape index (κ2) is 12.0. The van der Waals surface area contributed by atoms with Gasteiger partial charge >= 0.3 is 6.18 Å². The molecule has 0 aliphatic rings. The smallest absolute Gasteiger partial charge is 0.326 e. The van der Waals surface area contributed by atoms with Crippen LogP contribution < -0.4 is 10.8 Å². The zero-order valence-electron chi connectivity index (χ0n) is 21.1. The topological polar surface area (TPSA) is 122 Å². The van der Waals surface area contributed by atoms with Crippen LogP contribution in [0.15, 0.2) is 54.9 Å². The molecule has 12 heteroatoms. The summed E-state index contributed by atoms with van der Waals surface area (Å²) in [6.07, 6.45) is 1.52. The van der Waals surface area contributed by atoms with E-state index in [2.05, 4.69) is 20.4 Å². The predicted molar refractivity (Wildman–Crippen MR) is 138 cm³/mol. The summed E-state index contributed by atoms with van der Waals surface area (Å²) < 4.78 is 41.7. The van der Waals surface area contributed by atoms with Crippen LogP contribution in [0.3, 0.4) is 0 Å². The number of hydrogen-bond donors (Lipinski definition) is 3. The zero-order valence-corrected chi connectivity index (χ0v) is 21.1. The number of benzene rings is 1. The molecule has 39 heavy (non-hydrogen) atoms. The summed E-state index contributed by atoms with van der Waals surface area (Å²) in [7, 11) is 0. The van der Waals surface area contributed by atoms with Gasteiger partial charge in [0.15, 0.2) is 11.3 Å². The van der Waals surface area contributed by atoms with Crippen molar-refractivity contribution in [2.75, 3.05) is 5.32 Å². The lowest BCUT2D eigenvalue weighted by molar-refractivity contribution is -0.140. The van der Waals surface area contributed by atoms with Gasteiger partial charge in [0.2, 0.25) is 11.8 Å². The molecule has 3 aromatic heterocycles. The van der Waals surface area contributed by atoms with Gasteiger partial charge in [-0.25, -0.2) is 15.0 Å². The van der Waals surface area contributed by atoms with Crippen molar-refractivity contribution in [3.8, 4) is 22.5 Å². The number of nitrogens with zero attached hydrogens (tertiary/aromatic N) is 4. The number of halogens is 3. The molecule has 0 spiro atoms. The number of carbonyl (C=O) groups excluding carboxylic acids is 2. The Morgan fingerprint density at radius 2 is 1.72 bits per heavy atom. The van der Waals surface area contributed by atoms with Crippen LogP contribution in [0.2, 0.25) is 0 Å². The fourth-order valence-corrected chi connectivity index (χ4v) is 4.11. The Balaban J connectivity index is 1.46. The fourth-order valence-electron chi connectivity index (χ4n) is 4.11. The summed E-state index contributed by atoms with van der Waals surface area (Å²) in [5, 5.41) is 15.7. The molecule has 204 valence electrons. The van der Waals surface area contributed by atoms with Crippen LogP contribution in [0.1, 0.15) is 49.8 Å². The Morgan fingerprint density at radius 1 is 0.974 bits per heavy atom. The number of rotatable bonds is 10. The summed E-state index contributed by atoms with van der Waals surface area (Å²) in [5.41, 5.74) is 3.78. The largest absolute Gasteiger partial charge is 0.434 e. The first-order chi connectivity index (χ1) is 18.7. The molecule has 3 N–H and O–H groups in total. The van der Waals surface area contributed by atoms with Gasteiger partial charge in [-0.2, -0.15) is 18.3 Å². The van der Waals surface area contributed by atoms with Crippen molar-refractivity contribution in [3.05, 3.63) is 66.1 Å². The summed E-state index contributed by atoms with van der Waals surface area (Å²) in [6, 6.07) is 11.3. The number of hydrogen-bond acceptors (Lipinski definition) is 6. The minimum atomic E-state index is -4.62. The second-order valence-corrected chi connectivity index (χ2v) is 9.07. The first-order valence-electron chi connectivity index (χ1n) is 12.4. The molecule has 0 unspecified atom stereocenters. The third kappa shape index (κ3) is 6.96. The molecule has 0 radical (unpaired) electrons. The van der Waals surface area contributed by atoms with E-state index in [0.29, 0.717) is 41.9 Å². The number of aromatic nitrogens is 4. The molecule has 9 nitrogen and oxygen atoms in total. The SMILES string of the molecule is Cc1ccc(-c2cn3nc(-c4cccnc4C(F)(F)F)ccc3n2)cc1NC(=O)CCCCCCC(=O)NO. The number of unbranched alkanes of at least 4 members (excludes halogenated alkanes) is 3. The van der Waals surface area contributed by atoms with Crippen LogP contribution in [-0.2, 0) is 15.8 Å². The van der Waals surface area contributed by atoms with E-state index in [4.69, 9.17) is 5.21 Å². The molecule has 4 rings (SSSR count). The van der Waals surface area contributed by atoms with Gasteiger partial charge in [0, 0.05) is 35.9 Å². The number of aryl methyl sites for hydroxylation is 1. The Kier molecular flexibility index (Phi) is 8.55. The van der Waals surface area contributed by atoms with Crippen LogP contribution in [0.25, 0.3) is 28.2 Å². The van der Waals surface area contributed by atoms with Gasteiger partial charge in [0.05, 0.1) is 17.6 Å². The Hall–Kier alpha value is -4.32. The van der Waals surface area contributed by atoms with Crippen LogP contribution in [-0.4, -0.2) is 36.6 Å². The van der Waals surface area contributed by atoms with Crippen molar-refractivity contribution in [3.63, 3.8) is 0 Å². The maximum absolute atomic E-state index is 13.4. The number of amides is 2.